The van der Waals surface area contributed by atoms with Gasteiger partial charge in [-0.25, -0.2) is 9.78 Å². The van der Waals surface area contributed by atoms with E-state index in [0.29, 0.717) is 26.2 Å². The Hall–Kier alpha value is -3.56. The fourth-order valence-corrected chi connectivity index (χ4v) is 4.58. The smallest absolute Gasteiger partial charge is 0.329 e. The van der Waals surface area contributed by atoms with Crippen molar-refractivity contribution in [1.82, 2.24) is 24.0 Å². The summed E-state index contributed by atoms with van der Waals surface area (Å²) in [6.45, 7) is 1.92. The second-order valence-electron chi connectivity index (χ2n) is 9.19. The third-order valence-corrected chi connectivity index (χ3v) is 6.52. The number of nitrogens with zero attached hydrogens (tertiary/aromatic N) is 5. The van der Waals surface area contributed by atoms with E-state index in [1.54, 1.807) is 30.1 Å². The van der Waals surface area contributed by atoms with Gasteiger partial charge >= 0.3 is 11.7 Å². The van der Waals surface area contributed by atoms with E-state index in [2.05, 4.69) is 16.0 Å². The number of ether oxygens (including phenoxy) is 2. The number of hydrogen-bond acceptors (Lipinski definition) is 7. The fourth-order valence-electron chi connectivity index (χ4n) is 4.58. The molecule has 1 fully saturated rings. The van der Waals surface area contributed by atoms with Gasteiger partial charge in [-0.3, -0.25) is 18.9 Å². The van der Waals surface area contributed by atoms with Gasteiger partial charge in [-0.15, -0.1) is 0 Å². The third kappa shape index (κ3) is 4.56. The highest BCUT2D eigenvalue weighted by Gasteiger charge is 2.23. The number of rotatable bonds is 6. The average Bonchev–Trinajstić information content (AvgIpc) is 3.13. The number of carbonyl (C=O) groups excluding carboxylic acids is 1. The van der Waals surface area contributed by atoms with Gasteiger partial charge in [0.15, 0.2) is 0 Å². The third-order valence-electron chi connectivity index (χ3n) is 6.52. The van der Waals surface area contributed by atoms with E-state index in [1.165, 1.54) is 0 Å². The standard InChI is InChI=1S/C26H29N5O4/c1-29(2)11-8-24(32)35-23-7-5-18(15-28-23)17-4-6-21-20(14-17)25-22(16-27-21)30(3)26(33)31(25)19-9-12-34-13-10-19/h4-7,14-16,19H,8-13H2,1-3H3. The molecule has 4 aromatic rings. The van der Waals surface area contributed by atoms with Crippen LogP contribution in [0.15, 0.2) is 47.5 Å². The van der Waals surface area contributed by atoms with Crippen molar-refractivity contribution in [3.8, 4) is 17.0 Å². The first-order valence-corrected chi connectivity index (χ1v) is 11.8. The zero-order valence-corrected chi connectivity index (χ0v) is 20.2. The molecule has 0 saturated carbocycles. The molecule has 9 nitrogen and oxygen atoms in total. The first-order chi connectivity index (χ1) is 16.9. The number of aromatic nitrogens is 4. The quantitative estimate of drug-likeness (QED) is 0.396. The maximum absolute atomic E-state index is 13.2. The van der Waals surface area contributed by atoms with Gasteiger partial charge in [-0.05, 0) is 50.7 Å². The van der Waals surface area contributed by atoms with Crippen LogP contribution in [-0.4, -0.2) is 63.8 Å². The molecule has 182 valence electrons. The fraction of sp³-hybridized carbons (Fsp3) is 0.385. The lowest BCUT2D eigenvalue weighted by Gasteiger charge is -2.23. The van der Waals surface area contributed by atoms with Gasteiger partial charge in [0.05, 0.1) is 29.2 Å². The molecule has 0 atom stereocenters. The van der Waals surface area contributed by atoms with Gasteiger partial charge < -0.3 is 14.4 Å². The zero-order valence-electron chi connectivity index (χ0n) is 20.2. The molecule has 5 rings (SSSR count). The Morgan fingerprint density at radius 3 is 2.60 bits per heavy atom. The van der Waals surface area contributed by atoms with Crippen LogP contribution >= 0.6 is 0 Å². The predicted molar refractivity (Wildman–Crippen MR) is 134 cm³/mol. The number of aryl methyl sites for hydroxylation is 1. The lowest BCUT2D eigenvalue weighted by molar-refractivity contribution is -0.134. The summed E-state index contributed by atoms with van der Waals surface area (Å²) < 4.78 is 14.5. The van der Waals surface area contributed by atoms with E-state index < -0.39 is 0 Å². The minimum absolute atomic E-state index is 0.0336. The van der Waals surface area contributed by atoms with Gasteiger partial charge in [-0.2, -0.15) is 0 Å². The van der Waals surface area contributed by atoms with Crippen molar-refractivity contribution < 1.29 is 14.3 Å². The Labute approximate surface area is 202 Å². The predicted octanol–water partition coefficient (Wildman–Crippen LogP) is 3.16. The van der Waals surface area contributed by atoms with E-state index in [4.69, 9.17) is 9.47 Å². The topological polar surface area (TPSA) is 91.5 Å². The molecule has 0 aliphatic carbocycles. The first kappa shape index (κ1) is 23.2. The monoisotopic (exact) mass is 475 g/mol. The molecular weight excluding hydrogens is 446 g/mol. The van der Waals surface area contributed by atoms with Crippen LogP contribution in [0.3, 0.4) is 0 Å². The van der Waals surface area contributed by atoms with E-state index >= 15 is 0 Å². The summed E-state index contributed by atoms with van der Waals surface area (Å²) in [6, 6.07) is 9.68. The molecule has 1 aliphatic rings. The van der Waals surface area contributed by atoms with Gasteiger partial charge in [0, 0.05) is 56.1 Å². The summed E-state index contributed by atoms with van der Waals surface area (Å²) >= 11 is 0. The molecule has 0 spiro atoms. The van der Waals surface area contributed by atoms with Gasteiger partial charge in [0.1, 0.15) is 0 Å². The molecule has 35 heavy (non-hydrogen) atoms. The molecule has 0 radical (unpaired) electrons. The van der Waals surface area contributed by atoms with Crippen LogP contribution in [0.5, 0.6) is 5.88 Å². The molecule has 1 aliphatic heterocycles. The average molecular weight is 476 g/mol. The molecule has 3 aromatic heterocycles. The van der Waals surface area contributed by atoms with Crippen molar-refractivity contribution in [2.75, 3.05) is 33.9 Å². The number of hydrogen-bond donors (Lipinski definition) is 0. The summed E-state index contributed by atoms with van der Waals surface area (Å²) in [5.74, 6) is -0.0351. The largest absolute Gasteiger partial charge is 0.407 e. The lowest BCUT2D eigenvalue weighted by atomic mass is 10.0. The molecule has 0 bridgehead atoms. The summed E-state index contributed by atoms with van der Waals surface area (Å²) in [7, 11) is 5.61. The molecule has 0 amide bonds. The molecule has 1 aromatic carbocycles. The Kier molecular flexibility index (Phi) is 6.36. The van der Waals surface area contributed by atoms with E-state index in [0.717, 1.165) is 45.9 Å². The van der Waals surface area contributed by atoms with Crippen molar-refractivity contribution in [2.24, 2.45) is 7.05 Å². The minimum atomic E-state index is -0.312. The summed E-state index contributed by atoms with van der Waals surface area (Å²) in [5.41, 5.74) is 4.33. The van der Waals surface area contributed by atoms with Crippen LogP contribution in [0.2, 0.25) is 0 Å². The van der Waals surface area contributed by atoms with Crippen molar-refractivity contribution >= 4 is 27.9 Å². The number of carbonyl (C=O) groups is 1. The molecule has 0 unspecified atom stereocenters. The molecule has 9 heteroatoms. The van der Waals surface area contributed by atoms with Gasteiger partial charge in [0.2, 0.25) is 5.88 Å². The minimum Gasteiger partial charge on any atom is -0.407 e. The Bertz CT molecular complexity index is 1430. The second-order valence-corrected chi connectivity index (χ2v) is 9.19. The van der Waals surface area contributed by atoms with Crippen LogP contribution < -0.4 is 10.4 Å². The van der Waals surface area contributed by atoms with Crippen LogP contribution in [-0.2, 0) is 16.6 Å². The first-order valence-electron chi connectivity index (χ1n) is 11.8. The van der Waals surface area contributed by atoms with Gasteiger partial charge in [-0.1, -0.05) is 6.07 Å². The highest BCUT2D eigenvalue weighted by molar-refractivity contribution is 6.04. The normalized spacial score (nSPS) is 14.7. The number of esters is 1. The maximum Gasteiger partial charge on any atom is 0.329 e. The molecular formula is C26H29N5O4. The SMILES string of the molecule is CN(C)CCC(=O)Oc1ccc(-c2ccc3ncc4c(c3c2)n(C2CCOCC2)c(=O)n4C)cn1. The number of fused-ring (bicyclic) bond motifs is 3. The number of pyridine rings is 2. The Balaban J connectivity index is 1.51. The van der Waals surface area contributed by atoms with Crippen LogP contribution in [0, 0.1) is 0 Å². The second kappa shape index (κ2) is 9.59. The van der Waals surface area contributed by atoms with E-state index in [1.807, 2.05) is 41.8 Å². The van der Waals surface area contributed by atoms with E-state index in [-0.39, 0.29) is 23.6 Å². The summed E-state index contributed by atoms with van der Waals surface area (Å²) in [4.78, 5) is 36.1. The van der Waals surface area contributed by atoms with E-state index in [9.17, 15) is 9.59 Å². The summed E-state index contributed by atoms with van der Waals surface area (Å²) in [6.07, 6.45) is 5.38. The van der Waals surface area contributed by atoms with Crippen molar-refractivity contribution in [2.45, 2.75) is 25.3 Å². The maximum atomic E-state index is 13.2. The Morgan fingerprint density at radius 2 is 1.89 bits per heavy atom. The zero-order chi connectivity index (χ0) is 24.5. The molecule has 4 heterocycles. The summed E-state index contributed by atoms with van der Waals surface area (Å²) in [5, 5.41) is 0.920. The van der Waals surface area contributed by atoms with Crippen LogP contribution in [0.4, 0.5) is 0 Å². The van der Waals surface area contributed by atoms with Crippen molar-refractivity contribution in [3.63, 3.8) is 0 Å². The molecule has 1 saturated heterocycles. The highest BCUT2D eigenvalue weighted by Crippen LogP contribution is 2.32. The Morgan fingerprint density at radius 1 is 1.11 bits per heavy atom. The highest BCUT2D eigenvalue weighted by atomic mass is 16.5. The van der Waals surface area contributed by atoms with Crippen molar-refractivity contribution in [3.05, 3.63) is 53.2 Å². The van der Waals surface area contributed by atoms with Crippen LogP contribution in [0.1, 0.15) is 25.3 Å². The number of imidazole rings is 1. The van der Waals surface area contributed by atoms with Crippen molar-refractivity contribution in [1.29, 1.82) is 0 Å². The van der Waals surface area contributed by atoms with Crippen LogP contribution in [0.25, 0.3) is 33.1 Å². The molecule has 0 N–H and O–H groups in total. The van der Waals surface area contributed by atoms with Gasteiger partial charge in [0.25, 0.3) is 0 Å². The number of benzene rings is 1. The lowest BCUT2D eigenvalue weighted by Crippen LogP contribution is -2.29.